The zero-order chi connectivity index (χ0) is 26.3. The fourth-order valence-electron chi connectivity index (χ4n) is 6.39. The third-order valence-electron chi connectivity index (χ3n) is 8.16. The van der Waals surface area contributed by atoms with Crippen molar-refractivity contribution in [3.8, 4) is 11.3 Å². The van der Waals surface area contributed by atoms with Gasteiger partial charge in [0.25, 0.3) is 0 Å². The van der Waals surface area contributed by atoms with Crippen molar-refractivity contribution in [2.75, 3.05) is 18.8 Å². The van der Waals surface area contributed by atoms with E-state index in [1.165, 1.54) is 12.3 Å². The summed E-state index contributed by atoms with van der Waals surface area (Å²) in [7, 11) is 0. The molecule has 2 unspecified atom stereocenters. The minimum Gasteiger partial charge on any atom is -0.384 e. The minimum absolute atomic E-state index is 0.0845. The Morgan fingerprint density at radius 1 is 1.18 bits per heavy atom. The van der Waals surface area contributed by atoms with Gasteiger partial charge < -0.3 is 15.6 Å². The number of fused-ring (bicyclic) bond motifs is 5. The number of halogens is 3. The number of aromatic nitrogens is 3. The number of hydrogen-bond acceptors (Lipinski definition) is 6. The van der Waals surface area contributed by atoms with Crippen LogP contribution < -0.4 is 5.73 Å². The van der Waals surface area contributed by atoms with E-state index in [2.05, 4.69) is 19.9 Å². The monoisotopic (exact) mass is 550 g/mol. The molecule has 1 saturated heterocycles. The van der Waals surface area contributed by atoms with Crippen molar-refractivity contribution in [1.29, 1.82) is 0 Å². The summed E-state index contributed by atoms with van der Waals surface area (Å²) < 4.78 is 15.3. The Kier molecular flexibility index (Phi) is 5.09. The van der Waals surface area contributed by atoms with Gasteiger partial charge in [-0.25, -0.2) is 14.4 Å². The predicted molar refractivity (Wildman–Crippen MR) is 141 cm³/mol. The van der Waals surface area contributed by atoms with Crippen LogP contribution in [0.3, 0.4) is 0 Å². The first-order valence-electron chi connectivity index (χ1n) is 12.3. The number of nitrogens with two attached hydrogens (primary N) is 1. The topological polar surface area (TPSA) is 117 Å². The van der Waals surface area contributed by atoms with Gasteiger partial charge in [-0.15, -0.1) is 0 Å². The van der Waals surface area contributed by atoms with Crippen LogP contribution in [0.25, 0.3) is 11.3 Å². The van der Waals surface area contributed by atoms with Gasteiger partial charge >= 0.3 is 0 Å². The number of ketones is 1. The van der Waals surface area contributed by atoms with Crippen molar-refractivity contribution in [1.82, 2.24) is 19.9 Å². The summed E-state index contributed by atoms with van der Waals surface area (Å²) >= 11 is 12.9. The average molecular weight is 551 g/mol. The van der Waals surface area contributed by atoms with Crippen LogP contribution in [0.5, 0.6) is 0 Å². The lowest BCUT2D eigenvalue weighted by Crippen LogP contribution is -2.46. The molecule has 5 heterocycles. The molecular formula is C27H21Cl2FN6O2. The summed E-state index contributed by atoms with van der Waals surface area (Å²) in [6.45, 7) is 0.611. The first-order valence-corrected chi connectivity index (χ1v) is 13.0. The summed E-state index contributed by atoms with van der Waals surface area (Å²) in [5.41, 5.74) is 9.05. The highest BCUT2D eigenvalue weighted by atomic mass is 35.5. The zero-order valence-corrected chi connectivity index (χ0v) is 21.5. The summed E-state index contributed by atoms with van der Waals surface area (Å²) in [6.07, 6.45) is 7.78. The molecule has 192 valence electrons. The molecule has 8 nitrogen and oxygen atoms in total. The summed E-state index contributed by atoms with van der Waals surface area (Å²) in [4.78, 5) is 44.4. The van der Waals surface area contributed by atoms with Crippen LogP contribution in [0.1, 0.15) is 31.0 Å². The molecule has 1 saturated carbocycles. The molecule has 5 aliphatic rings. The molecule has 1 spiro atoms. The number of aromatic amines is 1. The standard InChI is InChI=1S/C27H21Cl2FN6O2/c28-17-9-32-8-15-22(14-5-12(37)6-18(30)23(14)17)16(11-36-21(38)7-27(3-4-27)24(15)36)26-33-10-19(34-26)13-1-2-20(31)35-25(13)29/h1-2,5-6,9-10,16,24H,3-4,7-8,11H2,(H2,31,35)(H,33,34). The van der Waals surface area contributed by atoms with E-state index in [0.717, 1.165) is 30.1 Å². The number of anilines is 1. The van der Waals surface area contributed by atoms with Gasteiger partial charge in [0.1, 0.15) is 22.6 Å². The average Bonchev–Trinajstić information content (AvgIpc) is 3.34. The third-order valence-corrected chi connectivity index (χ3v) is 8.73. The molecule has 11 heteroatoms. The molecule has 2 atom stereocenters. The Bertz CT molecular complexity index is 1610. The Hall–Kier alpha value is -3.56. The van der Waals surface area contributed by atoms with Crippen LogP contribution in [-0.4, -0.2) is 56.9 Å². The van der Waals surface area contributed by atoms with E-state index in [0.29, 0.717) is 41.4 Å². The molecule has 7 rings (SSSR count). The quantitative estimate of drug-likeness (QED) is 0.536. The van der Waals surface area contributed by atoms with E-state index >= 15 is 4.39 Å². The number of nitrogens with one attached hydrogen (secondary N) is 1. The number of aliphatic imine (C=N–C) groups is 1. The summed E-state index contributed by atoms with van der Waals surface area (Å²) in [6, 6.07) is 3.23. The normalized spacial score (nSPS) is 25.6. The summed E-state index contributed by atoms with van der Waals surface area (Å²) in [5, 5.41) is 0.341. The number of H-pyrrole nitrogens is 1. The number of nitrogen functional groups attached to an aromatic ring is 1. The maximum absolute atomic E-state index is 15.3. The van der Waals surface area contributed by atoms with E-state index in [9.17, 15) is 9.59 Å². The molecule has 0 bridgehead atoms. The Morgan fingerprint density at radius 2 is 2.00 bits per heavy atom. The number of carbonyl (C=O) groups is 2. The minimum atomic E-state index is -0.706. The molecule has 3 N–H and O–H groups in total. The fourth-order valence-corrected chi connectivity index (χ4v) is 6.91. The molecule has 1 amide bonds. The van der Waals surface area contributed by atoms with Crippen LogP contribution in [0.15, 0.2) is 68.6 Å². The van der Waals surface area contributed by atoms with Gasteiger partial charge in [0, 0.05) is 41.8 Å². The van der Waals surface area contributed by atoms with Gasteiger partial charge in [-0.1, -0.05) is 23.2 Å². The number of allylic oxidation sites excluding steroid dienone is 6. The maximum Gasteiger partial charge on any atom is 0.223 e. The second kappa shape index (κ2) is 8.22. The van der Waals surface area contributed by atoms with Crippen LogP contribution in [0, 0.1) is 5.41 Å². The van der Waals surface area contributed by atoms with Crippen molar-refractivity contribution in [2.45, 2.75) is 31.2 Å². The lowest BCUT2D eigenvalue weighted by Gasteiger charge is -2.42. The first kappa shape index (κ1) is 23.5. The van der Waals surface area contributed by atoms with Gasteiger partial charge in [-0.2, -0.15) is 0 Å². The molecule has 3 aliphatic heterocycles. The zero-order valence-electron chi connectivity index (χ0n) is 20.0. The number of hydrogen-bond donors (Lipinski definition) is 2. The molecule has 2 aromatic rings. The Balaban J connectivity index is 1.43. The fraction of sp³-hybridized carbons (Fsp3) is 0.296. The van der Waals surface area contributed by atoms with Gasteiger partial charge in [0.15, 0.2) is 5.78 Å². The molecule has 2 aliphatic carbocycles. The molecule has 0 aromatic carbocycles. The molecular weight excluding hydrogens is 530 g/mol. The third kappa shape index (κ3) is 3.45. The Morgan fingerprint density at radius 3 is 2.76 bits per heavy atom. The molecule has 38 heavy (non-hydrogen) atoms. The number of amides is 1. The van der Waals surface area contributed by atoms with Gasteiger partial charge in [0.2, 0.25) is 5.91 Å². The highest BCUT2D eigenvalue weighted by molar-refractivity contribution is 6.40. The largest absolute Gasteiger partial charge is 0.384 e. The number of carbonyl (C=O) groups excluding carboxylic acids is 2. The van der Waals surface area contributed by atoms with Gasteiger partial charge in [-0.05, 0) is 47.8 Å². The molecule has 0 radical (unpaired) electrons. The van der Waals surface area contributed by atoms with Crippen LogP contribution >= 0.6 is 23.2 Å². The second-order valence-electron chi connectivity index (χ2n) is 10.4. The number of imidazole rings is 1. The van der Waals surface area contributed by atoms with Crippen molar-refractivity contribution >= 4 is 46.9 Å². The van der Waals surface area contributed by atoms with Crippen molar-refractivity contribution in [2.24, 2.45) is 10.4 Å². The maximum atomic E-state index is 15.3. The van der Waals surface area contributed by atoms with E-state index in [1.807, 2.05) is 4.90 Å². The van der Waals surface area contributed by atoms with E-state index in [-0.39, 0.29) is 39.7 Å². The van der Waals surface area contributed by atoms with Crippen molar-refractivity contribution < 1.29 is 14.0 Å². The number of pyridine rings is 1. The summed E-state index contributed by atoms with van der Waals surface area (Å²) in [5.74, 6) is -0.718. The van der Waals surface area contributed by atoms with Gasteiger partial charge in [0.05, 0.1) is 35.4 Å². The molecule has 2 fully saturated rings. The lowest BCUT2D eigenvalue weighted by molar-refractivity contribution is -0.129. The number of rotatable bonds is 2. The highest BCUT2D eigenvalue weighted by Crippen LogP contribution is 2.62. The van der Waals surface area contributed by atoms with Gasteiger partial charge in [-0.3, -0.25) is 14.6 Å². The van der Waals surface area contributed by atoms with E-state index < -0.39 is 17.5 Å². The van der Waals surface area contributed by atoms with Crippen LogP contribution in [0.2, 0.25) is 5.15 Å². The second-order valence-corrected chi connectivity index (χ2v) is 11.1. The van der Waals surface area contributed by atoms with Crippen LogP contribution in [-0.2, 0) is 9.59 Å². The van der Waals surface area contributed by atoms with Crippen molar-refractivity contribution in [3.63, 3.8) is 0 Å². The first-order chi connectivity index (χ1) is 18.3. The number of nitrogens with zero attached hydrogens (tertiary/aromatic N) is 4. The Labute approximate surface area is 226 Å². The highest BCUT2D eigenvalue weighted by Gasteiger charge is 2.62. The smallest absolute Gasteiger partial charge is 0.223 e. The van der Waals surface area contributed by atoms with E-state index in [4.69, 9.17) is 28.9 Å². The van der Waals surface area contributed by atoms with Crippen molar-refractivity contribution in [3.05, 3.63) is 74.6 Å². The molecule has 2 aromatic heterocycles. The lowest BCUT2D eigenvalue weighted by atomic mass is 9.74. The van der Waals surface area contributed by atoms with Crippen LogP contribution in [0.4, 0.5) is 10.2 Å². The van der Waals surface area contributed by atoms with E-state index in [1.54, 1.807) is 18.3 Å². The SMILES string of the molecule is Nc1ccc(-c2cnc(C3CN4C(=O)CC5(CC5)C4C4=C3C3=CC(=O)C=C(F)C3=C(Cl)C=NC4)[nH]2)c(Cl)n1. The predicted octanol–water partition coefficient (Wildman–Crippen LogP) is 4.42.